The smallest absolute Gasteiger partial charge is 0.181 e. The molecule has 0 amide bonds. The van der Waals surface area contributed by atoms with Crippen molar-refractivity contribution in [2.24, 2.45) is 0 Å². The molecule has 0 aliphatic carbocycles. The molecule has 0 fully saturated rings. The molecule has 0 saturated heterocycles. The summed E-state index contributed by atoms with van der Waals surface area (Å²) in [6.07, 6.45) is 2.01. The molecule has 0 saturated carbocycles. The Balaban J connectivity index is 1.63. The number of benzene rings is 3. The van der Waals surface area contributed by atoms with Gasteiger partial charge in [-0.2, -0.15) is 0 Å². The van der Waals surface area contributed by atoms with Gasteiger partial charge in [-0.05, 0) is 54.8 Å². The van der Waals surface area contributed by atoms with Crippen molar-refractivity contribution in [1.82, 2.24) is 9.38 Å². The minimum absolute atomic E-state index is 0.476. The number of hydrogen-bond donors (Lipinski definition) is 1. The number of aromatic nitrogens is 2. The van der Waals surface area contributed by atoms with Gasteiger partial charge >= 0.3 is 0 Å². The molecule has 2 heterocycles. The molecule has 0 spiro atoms. The molecule has 0 aliphatic rings. The van der Waals surface area contributed by atoms with Gasteiger partial charge in [0, 0.05) is 22.5 Å². The van der Waals surface area contributed by atoms with Gasteiger partial charge in [-0.1, -0.05) is 72.3 Å². The van der Waals surface area contributed by atoms with Crippen LogP contribution in [0.1, 0.15) is 16.7 Å². The van der Waals surface area contributed by atoms with Gasteiger partial charge in [0.25, 0.3) is 0 Å². The molecule has 4 nitrogen and oxygen atoms in total. The zero-order chi connectivity index (χ0) is 22.8. The van der Waals surface area contributed by atoms with Crippen LogP contribution in [0.3, 0.4) is 0 Å². The van der Waals surface area contributed by atoms with Crippen molar-refractivity contribution in [3.8, 4) is 17.0 Å². The predicted molar refractivity (Wildman–Crippen MR) is 136 cm³/mol. The second-order valence-electron chi connectivity index (χ2n) is 8.05. The zero-order valence-corrected chi connectivity index (χ0v) is 19.3. The Morgan fingerprint density at radius 3 is 2.30 bits per heavy atom. The molecule has 164 valence electrons. The van der Waals surface area contributed by atoms with Crippen LogP contribution in [0.4, 0.5) is 11.5 Å². The van der Waals surface area contributed by atoms with Crippen molar-refractivity contribution in [2.45, 2.75) is 20.5 Å². The summed E-state index contributed by atoms with van der Waals surface area (Å²) in [4.78, 5) is 5.01. The Bertz CT molecular complexity index is 1390. The highest BCUT2D eigenvalue weighted by Gasteiger charge is 2.18. The first-order valence-corrected chi connectivity index (χ1v) is 11.2. The zero-order valence-electron chi connectivity index (χ0n) is 18.5. The number of pyridine rings is 1. The molecule has 0 unspecified atom stereocenters. The molecule has 5 rings (SSSR count). The predicted octanol–water partition coefficient (Wildman–Crippen LogP) is 7.59. The standard InChI is InChI=1S/C28H24ClN3O/c1-19-8-6-9-20(2)25(19)30-28-26(22-13-15-23(29)16-14-22)31-27-24(12-7-17-32(27)28)33-18-21-10-4-3-5-11-21/h3-17,30H,18H2,1-2H3. The molecule has 0 aliphatic heterocycles. The lowest BCUT2D eigenvalue weighted by atomic mass is 10.1. The second kappa shape index (κ2) is 9.00. The molecule has 0 atom stereocenters. The van der Waals surface area contributed by atoms with Gasteiger partial charge in [0.1, 0.15) is 18.1 Å². The highest BCUT2D eigenvalue weighted by molar-refractivity contribution is 6.30. The number of nitrogens with one attached hydrogen (secondary N) is 1. The van der Waals surface area contributed by atoms with Crippen LogP contribution in [0.15, 0.2) is 91.1 Å². The third-order valence-electron chi connectivity index (χ3n) is 5.69. The Labute approximate surface area is 198 Å². The summed E-state index contributed by atoms with van der Waals surface area (Å²) in [5.41, 5.74) is 7.10. The quantitative estimate of drug-likeness (QED) is 0.287. The first kappa shape index (κ1) is 21.1. The molecule has 0 bridgehead atoms. The maximum Gasteiger partial charge on any atom is 0.181 e. The third-order valence-corrected chi connectivity index (χ3v) is 5.95. The maximum atomic E-state index is 6.19. The summed E-state index contributed by atoms with van der Waals surface area (Å²) in [5, 5.41) is 4.35. The normalized spacial score (nSPS) is 11.0. The van der Waals surface area contributed by atoms with E-state index in [0.29, 0.717) is 11.6 Å². The number of anilines is 2. The van der Waals surface area contributed by atoms with Gasteiger partial charge in [0.2, 0.25) is 0 Å². The van der Waals surface area contributed by atoms with E-state index in [1.54, 1.807) is 0 Å². The van der Waals surface area contributed by atoms with E-state index < -0.39 is 0 Å². The van der Waals surface area contributed by atoms with Crippen LogP contribution in [0.2, 0.25) is 5.02 Å². The van der Waals surface area contributed by atoms with Gasteiger partial charge in [-0.3, -0.25) is 4.40 Å². The number of para-hydroxylation sites is 1. The van der Waals surface area contributed by atoms with Crippen LogP contribution >= 0.6 is 11.6 Å². The van der Waals surface area contributed by atoms with Crippen molar-refractivity contribution < 1.29 is 4.74 Å². The lowest BCUT2D eigenvalue weighted by Gasteiger charge is -2.14. The largest absolute Gasteiger partial charge is 0.485 e. The average Bonchev–Trinajstić information content (AvgIpc) is 3.20. The lowest BCUT2D eigenvalue weighted by Crippen LogP contribution is -2.01. The fourth-order valence-electron chi connectivity index (χ4n) is 3.95. The lowest BCUT2D eigenvalue weighted by molar-refractivity contribution is 0.308. The highest BCUT2D eigenvalue weighted by Crippen LogP contribution is 2.36. The SMILES string of the molecule is Cc1cccc(C)c1Nc1c(-c2ccc(Cl)cc2)nc2c(OCc3ccccc3)cccn12. The van der Waals surface area contributed by atoms with E-state index in [1.807, 2.05) is 60.8 Å². The van der Waals surface area contributed by atoms with E-state index in [0.717, 1.165) is 39.7 Å². The first-order valence-electron chi connectivity index (χ1n) is 10.9. The van der Waals surface area contributed by atoms with E-state index in [2.05, 4.69) is 53.9 Å². The Morgan fingerprint density at radius 2 is 1.58 bits per heavy atom. The van der Waals surface area contributed by atoms with Gasteiger partial charge in [-0.15, -0.1) is 0 Å². The number of fused-ring (bicyclic) bond motifs is 1. The van der Waals surface area contributed by atoms with E-state index in [4.69, 9.17) is 21.3 Å². The number of halogens is 1. The van der Waals surface area contributed by atoms with Gasteiger partial charge in [0.15, 0.2) is 11.4 Å². The average molecular weight is 454 g/mol. The van der Waals surface area contributed by atoms with Crippen LogP contribution in [0, 0.1) is 13.8 Å². The maximum absolute atomic E-state index is 6.19. The fourth-order valence-corrected chi connectivity index (χ4v) is 4.08. The summed E-state index contributed by atoms with van der Waals surface area (Å²) < 4.78 is 8.25. The molecular weight excluding hydrogens is 430 g/mol. The Hall–Kier alpha value is -3.76. The van der Waals surface area contributed by atoms with Crippen LogP contribution in [-0.4, -0.2) is 9.38 Å². The van der Waals surface area contributed by atoms with Crippen molar-refractivity contribution in [2.75, 3.05) is 5.32 Å². The van der Waals surface area contributed by atoms with Gasteiger partial charge in [-0.25, -0.2) is 4.98 Å². The van der Waals surface area contributed by atoms with Gasteiger partial charge in [0.05, 0.1) is 0 Å². The topological polar surface area (TPSA) is 38.6 Å². The number of ether oxygens (including phenoxy) is 1. The van der Waals surface area contributed by atoms with Crippen molar-refractivity contribution in [3.63, 3.8) is 0 Å². The van der Waals surface area contributed by atoms with Crippen molar-refractivity contribution in [1.29, 1.82) is 0 Å². The first-order chi connectivity index (χ1) is 16.1. The summed E-state index contributed by atoms with van der Waals surface area (Å²) in [5.74, 6) is 1.61. The molecule has 5 aromatic rings. The number of imidazole rings is 1. The number of hydrogen-bond acceptors (Lipinski definition) is 3. The molecule has 1 N–H and O–H groups in total. The molecule has 0 radical (unpaired) electrons. The molecule has 33 heavy (non-hydrogen) atoms. The fraction of sp³-hybridized carbons (Fsp3) is 0.107. The van der Waals surface area contributed by atoms with E-state index in [9.17, 15) is 0 Å². The monoisotopic (exact) mass is 453 g/mol. The van der Waals surface area contributed by atoms with Crippen LogP contribution < -0.4 is 10.1 Å². The number of nitrogens with zero attached hydrogens (tertiary/aromatic N) is 2. The number of aryl methyl sites for hydroxylation is 2. The summed E-state index contributed by atoms with van der Waals surface area (Å²) in [6, 6.07) is 28.1. The van der Waals surface area contributed by atoms with Crippen LogP contribution in [-0.2, 0) is 6.61 Å². The minimum Gasteiger partial charge on any atom is -0.485 e. The van der Waals surface area contributed by atoms with Crippen molar-refractivity contribution in [3.05, 3.63) is 113 Å². The minimum atomic E-state index is 0.476. The summed E-state index contributed by atoms with van der Waals surface area (Å²) in [7, 11) is 0. The number of rotatable bonds is 6. The van der Waals surface area contributed by atoms with Gasteiger partial charge < -0.3 is 10.1 Å². The van der Waals surface area contributed by atoms with Crippen LogP contribution in [0.25, 0.3) is 16.9 Å². The van der Waals surface area contributed by atoms with E-state index in [1.165, 1.54) is 11.1 Å². The molecule has 2 aromatic heterocycles. The van der Waals surface area contributed by atoms with E-state index >= 15 is 0 Å². The summed E-state index contributed by atoms with van der Waals surface area (Å²) >= 11 is 6.15. The van der Waals surface area contributed by atoms with Crippen molar-refractivity contribution >= 4 is 28.8 Å². The Morgan fingerprint density at radius 1 is 0.848 bits per heavy atom. The molecular formula is C28H24ClN3O. The van der Waals surface area contributed by atoms with E-state index in [-0.39, 0.29) is 0 Å². The third kappa shape index (κ3) is 4.30. The second-order valence-corrected chi connectivity index (χ2v) is 8.48. The Kier molecular flexibility index (Phi) is 5.76. The molecule has 5 heteroatoms. The van der Waals surface area contributed by atoms with Crippen LogP contribution in [0.5, 0.6) is 5.75 Å². The molecule has 3 aromatic carbocycles. The summed E-state index contributed by atoms with van der Waals surface area (Å²) in [6.45, 7) is 4.69. The highest BCUT2D eigenvalue weighted by atomic mass is 35.5.